The van der Waals surface area contributed by atoms with Gasteiger partial charge in [-0.1, -0.05) is 51.4 Å². The minimum atomic E-state index is 1.32. The number of aryl methyl sites for hydroxylation is 4. The molecule has 0 aliphatic heterocycles. The van der Waals surface area contributed by atoms with Gasteiger partial charge in [-0.2, -0.15) is 46.5 Å². The van der Waals surface area contributed by atoms with Crippen molar-refractivity contribution >= 4 is 3.21 Å². The molecule has 1 heteroatoms. The van der Waals surface area contributed by atoms with E-state index in [0.717, 1.165) is 0 Å². The second kappa shape index (κ2) is 10.9. The van der Waals surface area contributed by atoms with Crippen molar-refractivity contribution in [1.82, 2.24) is 0 Å². The summed E-state index contributed by atoms with van der Waals surface area (Å²) in [6.45, 7) is 2.16. The van der Waals surface area contributed by atoms with E-state index in [1.165, 1.54) is 84.4 Å². The van der Waals surface area contributed by atoms with E-state index in [0.29, 0.717) is 0 Å². The first kappa shape index (κ1) is 20.4. The van der Waals surface area contributed by atoms with E-state index in [1.54, 1.807) is 22.3 Å². The molecule has 0 nitrogen and oxygen atoms in total. The second-order valence-electron chi connectivity index (χ2n) is 7.56. The van der Waals surface area contributed by atoms with Crippen LogP contribution >= 0.6 is 0 Å². The number of hydrogen-bond donors (Lipinski definition) is 0. The Labute approximate surface area is 179 Å². The van der Waals surface area contributed by atoms with Crippen LogP contribution in [0.1, 0.15) is 60.4 Å². The summed E-state index contributed by atoms with van der Waals surface area (Å²) in [5.41, 5.74) is 7.76. The molecule has 0 bridgehead atoms. The molecule has 0 saturated carbocycles. The fourth-order valence-electron chi connectivity index (χ4n) is 3.91. The predicted octanol–water partition coefficient (Wildman–Crippen LogP) is 6.34. The van der Waals surface area contributed by atoms with Gasteiger partial charge >= 0.3 is 70.3 Å². The van der Waals surface area contributed by atoms with Crippen LogP contribution in [0.25, 0.3) is 0 Å². The number of fused-ring (bicyclic) bond motifs is 2. The van der Waals surface area contributed by atoms with Gasteiger partial charge in [0.05, 0.1) is 0 Å². The molecule has 0 saturated heterocycles. The first-order valence-corrected chi connectivity index (χ1v) is 11.5. The van der Waals surface area contributed by atoms with E-state index in [-0.39, 0.29) is 0 Å². The molecule has 0 heterocycles. The van der Waals surface area contributed by atoms with Gasteiger partial charge in [0, 0.05) is 0 Å². The molecule has 138 valence electrons. The molecule has 0 atom stereocenters. The van der Waals surface area contributed by atoms with E-state index < -0.39 is 0 Å². The molecule has 3 aromatic carbocycles. The molecule has 0 radical (unpaired) electrons. The summed E-state index contributed by atoms with van der Waals surface area (Å²) in [4.78, 5) is 0. The monoisotopic (exact) mass is 432 g/mol. The van der Waals surface area contributed by atoms with Gasteiger partial charge in [0.1, 0.15) is 0 Å². The minimum absolute atomic E-state index is 1.32. The average molecular weight is 434 g/mol. The zero-order valence-corrected chi connectivity index (χ0v) is 19.0. The molecule has 3 aromatic rings. The molecule has 0 unspecified atom stereocenters. The van der Waals surface area contributed by atoms with Gasteiger partial charge in [0.25, 0.3) is 0 Å². The molecule has 5 rings (SSSR count). The predicted molar refractivity (Wildman–Crippen MR) is 114 cm³/mol. The van der Waals surface area contributed by atoms with Crippen molar-refractivity contribution in [2.45, 2.75) is 58.3 Å². The Bertz CT molecular complexity index is 732. The maximum Gasteiger partial charge on any atom is -0.0512 e. The SMILES string of the molecule is C[C](=[Zr+2])c1ccccc1.c1cc2c([cH-]1)CCCC2.c1cc2c([cH-]1)CCCC2. The number of benzene rings is 1. The summed E-state index contributed by atoms with van der Waals surface area (Å²) < 4.78 is 1.46. The Hall–Kier alpha value is -1.33. The molecule has 0 amide bonds. The maximum absolute atomic E-state index is 2.26. The molecule has 0 N–H and O–H groups in total. The smallest absolute Gasteiger partial charge is 0.0512 e. The van der Waals surface area contributed by atoms with E-state index in [9.17, 15) is 0 Å². The summed E-state index contributed by atoms with van der Waals surface area (Å²) in [5, 5.41) is 0. The van der Waals surface area contributed by atoms with Crippen LogP contribution in [-0.4, -0.2) is 3.21 Å². The van der Waals surface area contributed by atoms with Crippen LogP contribution in [0.3, 0.4) is 0 Å². The van der Waals surface area contributed by atoms with E-state index >= 15 is 0 Å². The van der Waals surface area contributed by atoms with Gasteiger partial charge in [-0.05, 0) is 0 Å². The van der Waals surface area contributed by atoms with E-state index in [2.05, 4.69) is 67.6 Å². The van der Waals surface area contributed by atoms with Crippen LogP contribution in [0.5, 0.6) is 0 Å². The van der Waals surface area contributed by atoms with Crippen LogP contribution in [0.4, 0.5) is 0 Å². The first-order chi connectivity index (χ1) is 13.2. The maximum atomic E-state index is 2.26. The minimum Gasteiger partial charge on any atom is -0.210 e. The van der Waals surface area contributed by atoms with Gasteiger partial charge < -0.3 is 0 Å². The Morgan fingerprint density at radius 3 is 1.59 bits per heavy atom. The van der Waals surface area contributed by atoms with E-state index in [1.807, 2.05) is 6.07 Å². The number of rotatable bonds is 1. The van der Waals surface area contributed by atoms with E-state index in [4.69, 9.17) is 0 Å². The molecular weight excluding hydrogens is 404 g/mol. The van der Waals surface area contributed by atoms with Crippen molar-refractivity contribution in [3.05, 3.63) is 94.5 Å². The Balaban J connectivity index is 0.000000117. The van der Waals surface area contributed by atoms with Crippen molar-refractivity contribution < 1.29 is 24.2 Å². The largest absolute Gasteiger partial charge is 0.210 e. The summed E-state index contributed by atoms with van der Waals surface area (Å²) in [7, 11) is 0. The van der Waals surface area contributed by atoms with Gasteiger partial charge in [-0.3, -0.25) is 0 Å². The third-order valence-electron chi connectivity index (χ3n) is 5.51. The molecule has 27 heavy (non-hydrogen) atoms. The van der Waals surface area contributed by atoms with Crippen molar-refractivity contribution in [3.63, 3.8) is 0 Å². The molecule has 0 aromatic heterocycles. The topological polar surface area (TPSA) is 0 Å². The van der Waals surface area contributed by atoms with Crippen LogP contribution in [0, 0.1) is 0 Å². The molecule has 2 aliphatic carbocycles. The Kier molecular flexibility index (Phi) is 8.21. The Morgan fingerprint density at radius 1 is 0.704 bits per heavy atom. The molecule has 0 spiro atoms. The standard InChI is InChI=1S/2C9H11.C8H8.Zr/c2*1-2-5-9-7-3-6-8(9)4-1;1-2-8-6-4-3-5-7-8;/h2*3,6-7H,1-2,4-5H2;3-7H,1H3;/q2*-1;;+2. The third kappa shape index (κ3) is 6.36. The fraction of sp³-hybridized carbons (Fsp3) is 0.346. The van der Waals surface area contributed by atoms with Crippen LogP contribution in [-0.2, 0) is 49.9 Å². The van der Waals surface area contributed by atoms with Gasteiger partial charge in [0.15, 0.2) is 0 Å². The number of hydrogen-bond acceptors (Lipinski definition) is 0. The molecule has 0 fully saturated rings. The van der Waals surface area contributed by atoms with Gasteiger partial charge in [-0.15, -0.1) is 0 Å². The van der Waals surface area contributed by atoms with Crippen LogP contribution < -0.4 is 0 Å². The Morgan fingerprint density at radius 2 is 1.19 bits per heavy atom. The molecular formula is C26H30Zr. The summed E-state index contributed by atoms with van der Waals surface area (Å²) in [6.07, 6.45) is 10.9. The zero-order chi connectivity index (χ0) is 18.9. The quantitative estimate of drug-likeness (QED) is 0.393. The second-order valence-corrected chi connectivity index (χ2v) is 9.40. The van der Waals surface area contributed by atoms with Crippen molar-refractivity contribution in [2.75, 3.05) is 0 Å². The third-order valence-corrected chi connectivity index (χ3v) is 6.22. The van der Waals surface area contributed by atoms with Gasteiger partial charge in [-0.25, -0.2) is 12.1 Å². The first-order valence-electron chi connectivity index (χ1n) is 10.3. The summed E-state index contributed by atoms with van der Waals surface area (Å²) in [5.74, 6) is 0. The van der Waals surface area contributed by atoms with Crippen molar-refractivity contribution in [1.29, 1.82) is 0 Å². The van der Waals surface area contributed by atoms with Crippen LogP contribution in [0.2, 0.25) is 0 Å². The zero-order valence-electron chi connectivity index (χ0n) is 16.5. The van der Waals surface area contributed by atoms with Gasteiger partial charge in [0.2, 0.25) is 0 Å². The van der Waals surface area contributed by atoms with Crippen LogP contribution in [0.15, 0.2) is 66.7 Å². The summed E-state index contributed by atoms with van der Waals surface area (Å²) in [6, 6.07) is 23.9. The average Bonchev–Trinajstić information content (AvgIpc) is 3.39. The summed E-state index contributed by atoms with van der Waals surface area (Å²) >= 11 is 1.51. The normalized spacial score (nSPS) is 14.6. The molecule has 2 aliphatic rings. The van der Waals surface area contributed by atoms with Crippen molar-refractivity contribution in [2.24, 2.45) is 0 Å². The fourth-order valence-corrected chi connectivity index (χ4v) is 4.32. The van der Waals surface area contributed by atoms with Crippen molar-refractivity contribution in [3.8, 4) is 0 Å².